The van der Waals surface area contributed by atoms with E-state index in [1.165, 1.54) is 18.2 Å². The van der Waals surface area contributed by atoms with E-state index < -0.39 is 23.3 Å². The Kier molecular flexibility index (Phi) is 6.72. The molecule has 8 rings (SSSR count). The van der Waals surface area contributed by atoms with Gasteiger partial charge in [0.25, 0.3) is 0 Å². The van der Waals surface area contributed by atoms with E-state index in [1.54, 1.807) is 6.07 Å². The molecule has 2 aromatic carbocycles. The molecule has 4 atom stereocenters. The number of aromatic hydroxyl groups is 1. The molecule has 4 aromatic rings. The van der Waals surface area contributed by atoms with Crippen LogP contribution in [-0.2, 0) is 11.2 Å². The largest absolute Gasteiger partial charge is 0.508 e. The van der Waals surface area contributed by atoms with Gasteiger partial charge in [0, 0.05) is 32.0 Å². The number of aryl methyl sites for hydroxylation is 1. The molecule has 0 amide bonds. The second-order valence-corrected chi connectivity index (χ2v) is 12.7. The van der Waals surface area contributed by atoms with Crippen LogP contribution in [0, 0.1) is 11.6 Å². The third kappa shape index (κ3) is 4.47. The van der Waals surface area contributed by atoms with E-state index in [-0.39, 0.29) is 58.6 Å². The third-order valence-corrected chi connectivity index (χ3v) is 10.1. The number of fused-ring (bicyclic) bond motifs is 3. The Hall–Kier alpha value is -3.90. The van der Waals surface area contributed by atoms with Crippen LogP contribution in [0.1, 0.15) is 38.2 Å². The summed E-state index contributed by atoms with van der Waals surface area (Å²) in [4.78, 5) is 18.1. The van der Waals surface area contributed by atoms with E-state index >= 15 is 8.78 Å². The molecule has 3 saturated heterocycles. The average molecular weight is 622 g/mol. The zero-order chi connectivity index (χ0) is 31.0. The Morgan fingerprint density at radius 2 is 2.02 bits per heavy atom. The Morgan fingerprint density at radius 1 is 1.16 bits per heavy atom. The zero-order valence-electron chi connectivity index (χ0n) is 25.2. The summed E-state index contributed by atoms with van der Waals surface area (Å²) < 4.78 is 65.0. The summed E-state index contributed by atoms with van der Waals surface area (Å²) in [5, 5.41) is 12.0. The van der Waals surface area contributed by atoms with E-state index in [1.807, 2.05) is 18.9 Å². The lowest BCUT2D eigenvalue weighted by molar-refractivity contribution is 0.00734. The number of benzene rings is 2. The second kappa shape index (κ2) is 10.6. The van der Waals surface area contributed by atoms with Crippen LogP contribution < -0.4 is 14.4 Å². The number of anilines is 1. The number of hydrogen-bond donors (Lipinski definition) is 1. The molecule has 45 heavy (non-hydrogen) atoms. The fraction of sp³-hybridized carbons (Fsp3) is 0.485. The molecule has 6 heterocycles. The van der Waals surface area contributed by atoms with Crippen molar-refractivity contribution in [3.8, 4) is 28.9 Å². The molecule has 3 fully saturated rings. The van der Waals surface area contributed by atoms with E-state index in [0.717, 1.165) is 19.4 Å². The molecule has 236 valence electrons. The third-order valence-electron chi connectivity index (χ3n) is 10.1. The monoisotopic (exact) mass is 621 g/mol. The number of pyridine rings is 1. The molecule has 0 radical (unpaired) electrons. The van der Waals surface area contributed by atoms with Crippen molar-refractivity contribution in [1.29, 1.82) is 0 Å². The first kappa shape index (κ1) is 28.6. The van der Waals surface area contributed by atoms with Crippen LogP contribution >= 0.6 is 0 Å². The highest BCUT2D eigenvalue weighted by Crippen LogP contribution is 2.45. The molecule has 12 heteroatoms. The average Bonchev–Trinajstić information content (AvgIpc) is 3.52. The van der Waals surface area contributed by atoms with Crippen LogP contribution in [0.3, 0.4) is 0 Å². The van der Waals surface area contributed by atoms with E-state index in [2.05, 4.69) is 9.88 Å². The van der Waals surface area contributed by atoms with Crippen molar-refractivity contribution in [2.45, 2.75) is 62.9 Å². The fourth-order valence-electron chi connectivity index (χ4n) is 7.87. The van der Waals surface area contributed by atoms with Crippen LogP contribution in [0.15, 0.2) is 24.3 Å². The quantitative estimate of drug-likeness (QED) is 0.317. The Bertz CT molecular complexity index is 1840. The zero-order valence-corrected chi connectivity index (χ0v) is 25.2. The first-order valence-electron chi connectivity index (χ1n) is 15.6. The normalized spacial score (nSPS) is 26.2. The van der Waals surface area contributed by atoms with E-state index in [4.69, 9.17) is 24.2 Å². The maximum Gasteiger partial charge on any atom is 0.319 e. The Labute approximate surface area is 257 Å². The minimum absolute atomic E-state index is 0.0360. The van der Waals surface area contributed by atoms with Crippen LogP contribution in [0.2, 0.25) is 0 Å². The highest BCUT2D eigenvalue weighted by atomic mass is 19.1. The SMILES string of the molecule is CCc1c(F)ccc2cc(O)cc(-c3nc4c5c(nc(OC[C@@]67CCCN6C[C@H](F)C7)nc5c3F)N(C)C3COCCC3O4)c12. The number of halogens is 3. The number of likely N-dealkylation sites (N-methyl/N-ethyl adjacent to an activating group) is 1. The smallest absolute Gasteiger partial charge is 0.319 e. The van der Waals surface area contributed by atoms with Gasteiger partial charge in [0.05, 0.1) is 24.8 Å². The topological polar surface area (TPSA) is 93.1 Å². The van der Waals surface area contributed by atoms with Gasteiger partial charge in [0.15, 0.2) is 5.82 Å². The minimum atomic E-state index is -0.925. The summed E-state index contributed by atoms with van der Waals surface area (Å²) in [5.41, 5.74) is -0.0284. The molecule has 0 aliphatic carbocycles. The van der Waals surface area contributed by atoms with Gasteiger partial charge in [-0.25, -0.2) is 18.2 Å². The van der Waals surface area contributed by atoms with Gasteiger partial charge < -0.3 is 24.2 Å². The number of alkyl halides is 1. The lowest BCUT2D eigenvalue weighted by atomic mass is 9.94. The highest BCUT2D eigenvalue weighted by Gasteiger charge is 2.49. The standard InChI is InChI=1S/C33H34F3N5O4/c1-3-20-22(35)6-5-17-11-19(42)12-21(25(17)20)28-27(36)29-26-30(40(2)23-15-43-10-7-24(23)45-31(26)37-28)39-32(38-29)44-16-33-8-4-9-41(33)14-18(34)13-33/h5-6,11-12,18,23-24,42H,3-4,7-10,13-16H2,1-2H3/t18-,23?,24?,33+/m1/s1. The summed E-state index contributed by atoms with van der Waals surface area (Å²) in [7, 11) is 1.85. The summed E-state index contributed by atoms with van der Waals surface area (Å²) in [6.45, 7) is 4.05. The molecule has 0 spiro atoms. The summed E-state index contributed by atoms with van der Waals surface area (Å²) in [5.74, 6) is -0.783. The summed E-state index contributed by atoms with van der Waals surface area (Å²) in [6.07, 6.45) is 1.80. The predicted octanol–water partition coefficient (Wildman–Crippen LogP) is 5.33. The van der Waals surface area contributed by atoms with Crippen LogP contribution in [0.25, 0.3) is 32.9 Å². The van der Waals surface area contributed by atoms with Gasteiger partial charge in [0.1, 0.15) is 52.9 Å². The van der Waals surface area contributed by atoms with Gasteiger partial charge in [-0.1, -0.05) is 13.0 Å². The molecular weight excluding hydrogens is 587 g/mol. The molecule has 0 saturated carbocycles. The van der Waals surface area contributed by atoms with E-state index in [0.29, 0.717) is 61.2 Å². The van der Waals surface area contributed by atoms with Crippen molar-refractivity contribution < 1.29 is 32.5 Å². The first-order valence-corrected chi connectivity index (χ1v) is 15.6. The number of phenols is 1. The van der Waals surface area contributed by atoms with Gasteiger partial charge in [-0.05, 0) is 60.3 Å². The van der Waals surface area contributed by atoms with E-state index in [9.17, 15) is 9.50 Å². The van der Waals surface area contributed by atoms with Gasteiger partial charge in [-0.3, -0.25) is 4.90 Å². The van der Waals surface area contributed by atoms with Crippen molar-refractivity contribution in [3.63, 3.8) is 0 Å². The van der Waals surface area contributed by atoms with Gasteiger partial charge >= 0.3 is 6.01 Å². The van der Waals surface area contributed by atoms with Crippen LogP contribution in [0.5, 0.6) is 17.6 Å². The number of nitrogens with zero attached hydrogens (tertiary/aromatic N) is 5. The molecular formula is C33H34F3N5O4. The summed E-state index contributed by atoms with van der Waals surface area (Å²) in [6, 6.07) is 5.54. The molecule has 0 bridgehead atoms. The molecule has 4 aliphatic rings. The minimum Gasteiger partial charge on any atom is -0.508 e. The maximum atomic E-state index is 16.9. The van der Waals surface area contributed by atoms with Crippen molar-refractivity contribution in [1.82, 2.24) is 19.9 Å². The number of hydrogen-bond acceptors (Lipinski definition) is 9. The van der Waals surface area contributed by atoms with Gasteiger partial charge in [-0.15, -0.1) is 0 Å². The number of rotatable bonds is 5. The van der Waals surface area contributed by atoms with Gasteiger partial charge in [-0.2, -0.15) is 9.97 Å². The van der Waals surface area contributed by atoms with Gasteiger partial charge in [0.2, 0.25) is 5.88 Å². The predicted molar refractivity (Wildman–Crippen MR) is 162 cm³/mol. The molecule has 9 nitrogen and oxygen atoms in total. The van der Waals surface area contributed by atoms with Crippen LogP contribution in [-0.4, -0.2) is 88.8 Å². The molecule has 2 aromatic heterocycles. The fourth-order valence-corrected chi connectivity index (χ4v) is 7.87. The van der Waals surface area contributed by atoms with Crippen molar-refractivity contribution >= 4 is 27.5 Å². The lowest BCUT2D eigenvalue weighted by Crippen LogP contribution is -2.50. The van der Waals surface area contributed by atoms with Crippen LogP contribution in [0.4, 0.5) is 19.0 Å². The molecule has 1 N–H and O–H groups in total. The van der Waals surface area contributed by atoms with Crippen molar-refractivity contribution in [2.75, 3.05) is 44.9 Å². The lowest BCUT2D eigenvalue weighted by Gasteiger charge is -2.35. The van der Waals surface area contributed by atoms with Crippen molar-refractivity contribution in [3.05, 3.63) is 41.5 Å². The number of aromatic nitrogens is 3. The maximum absolute atomic E-state index is 16.9. The summed E-state index contributed by atoms with van der Waals surface area (Å²) >= 11 is 0. The highest BCUT2D eigenvalue weighted by molar-refractivity contribution is 6.03. The number of phenolic OH excluding ortho intramolecular Hbond substituents is 1. The van der Waals surface area contributed by atoms with Crippen molar-refractivity contribution in [2.24, 2.45) is 0 Å². The molecule has 2 unspecified atom stereocenters. The second-order valence-electron chi connectivity index (χ2n) is 12.7. The Morgan fingerprint density at radius 3 is 2.87 bits per heavy atom. The number of ether oxygens (including phenoxy) is 3. The first-order chi connectivity index (χ1) is 21.8. The molecule has 4 aliphatic heterocycles. The Balaban J connectivity index is 1.33.